The number of carbonyl (C=O) groups excluding carboxylic acids is 3. The summed E-state index contributed by atoms with van der Waals surface area (Å²) in [5, 5.41) is 2.29. The fourth-order valence-electron chi connectivity index (χ4n) is 2.53. The molecule has 0 aromatic heterocycles. The van der Waals surface area contributed by atoms with Crippen molar-refractivity contribution in [2.75, 3.05) is 27.4 Å². The highest BCUT2D eigenvalue weighted by molar-refractivity contribution is 7.80. The third-order valence-electron chi connectivity index (χ3n) is 4.12. The number of esters is 1. The summed E-state index contributed by atoms with van der Waals surface area (Å²) in [6, 6.07) is 11.3. The fraction of sp³-hybridized carbons (Fsp3) is 0.217. The van der Waals surface area contributed by atoms with Crippen LogP contribution in [0.2, 0.25) is 0 Å². The minimum absolute atomic E-state index is 0.103. The zero-order valence-electron chi connectivity index (χ0n) is 18.9. The van der Waals surface area contributed by atoms with Gasteiger partial charge in [-0.2, -0.15) is 0 Å². The summed E-state index contributed by atoms with van der Waals surface area (Å²) < 4.78 is 20.6. The molecule has 34 heavy (non-hydrogen) atoms. The van der Waals surface area contributed by atoms with E-state index in [4.69, 9.17) is 31.2 Å². The standard InChI is InChI=1S/C23H25N3O7S/c1-4-32-22(29)16-7-9-17(10-8-16)33-14-21(28)25-26-23(34)24-20(27)12-6-15-5-11-18(30-2)19(13-15)31-3/h5-13H,4,14H2,1-3H3,(H,25,28)(H2,24,26,27,34)/b12-6+. The quantitative estimate of drug-likeness (QED) is 0.211. The Bertz CT molecular complexity index is 1060. The maximum atomic E-state index is 12.0. The molecule has 3 N–H and O–H groups in total. The predicted octanol–water partition coefficient (Wildman–Crippen LogP) is 1.99. The maximum Gasteiger partial charge on any atom is 0.338 e. The van der Waals surface area contributed by atoms with Crippen LogP contribution in [0.5, 0.6) is 17.2 Å². The van der Waals surface area contributed by atoms with Gasteiger partial charge in [0.15, 0.2) is 23.2 Å². The van der Waals surface area contributed by atoms with Crippen LogP contribution in [-0.2, 0) is 14.3 Å². The fourth-order valence-corrected chi connectivity index (χ4v) is 2.68. The number of benzene rings is 2. The van der Waals surface area contributed by atoms with E-state index in [9.17, 15) is 14.4 Å². The van der Waals surface area contributed by atoms with Crippen LogP contribution in [0.4, 0.5) is 0 Å². The number of thiocarbonyl (C=S) groups is 1. The zero-order valence-corrected chi connectivity index (χ0v) is 19.7. The number of hydrogen-bond acceptors (Lipinski definition) is 8. The summed E-state index contributed by atoms with van der Waals surface area (Å²) in [7, 11) is 3.05. The van der Waals surface area contributed by atoms with E-state index in [1.54, 1.807) is 43.3 Å². The van der Waals surface area contributed by atoms with E-state index in [1.807, 2.05) is 0 Å². The third kappa shape index (κ3) is 8.43. The Balaban J connectivity index is 1.73. The molecule has 0 unspecified atom stereocenters. The molecular weight excluding hydrogens is 462 g/mol. The molecule has 2 amide bonds. The Morgan fingerprint density at radius 2 is 1.68 bits per heavy atom. The molecule has 2 aromatic rings. The SMILES string of the molecule is CCOC(=O)c1ccc(OCC(=O)NNC(=S)NC(=O)/C=C/c2ccc(OC)c(OC)c2)cc1. The summed E-state index contributed by atoms with van der Waals surface area (Å²) in [6.07, 6.45) is 2.85. The molecule has 0 aliphatic carbocycles. The smallest absolute Gasteiger partial charge is 0.338 e. The van der Waals surface area contributed by atoms with Crippen molar-refractivity contribution >= 4 is 41.2 Å². The van der Waals surface area contributed by atoms with Crippen LogP contribution in [0.15, 0.2) is 48.5 Å². The molecule has 2 rings (SSSR count). The lowest BCUT2D eigenvalue weighted by Crippen LogP contribution is -2.49. The summed E-state index contributed by atoms with van der Waals surface area (Å²) >= 11 is 4.98. The lowest BCUT2D eigenvalue weighted by atomic mass is 10.2. The molecule has 0 spiro atoms. The second-order valence-electron chi connectivity index (χ2n) is 6.47. The van der Waals surface area contributed by atoms with Crippen molar-refractivity contribution < 1.29 is 33.3 Å². The monoisotopic (exact) mass is 487 g/mol. The Labute approximate surface area is 202 Å². The van der Waals surface area contributed by atoms with Gasteiger partial charge < -0.3 is 18.9 Å². The molecule has 0 bridgehead atoms. The van der Waals surface area contributed by atoms with E-state index in [0.29, 0.717) is 28.4 Å². The van der Waals surface area contributed by atoms with Crippen molar-refractivity contribution in [1.29, 1.82) is 0 Å². The molecule has 11 heteroatoms. The molecule has 0 heterocycles. The maximum absolute atomic E-state index is 12.0. The summed E-state index contributed by atoms with van der Waals surface area (Å²) in [4.78, 5) is 35.6. The Hall–Kier alpha value is -4.12. The summed E-state index contributed by atoms with van der Waals surface area (Å²) in [5.41, 5.74) is 5.81. The van der Waals surface area contributed by atoms with E-state index >= 15 is 0 Å². The van der Waals surface area contributed by atoms with Crippen LogP contribution in [0.3, 0.4) is 0 Å². The van der Waals surface area contributed by atoms with E-state index in [-0.39, 0.29) is 18.3 Å². The van der Waals surface area contributed by atoms with Gasteiger partial charge in [-0.05, 0) is 67.2 Å². The number of nitrogens with one attached hydrogen (secondary N) is 3. The largest absolute Gasteiger partial charge is 0.493 e. The first-order valence-corrected chi connectivity index (χ1v) is 10.5. The van der Waals surface area contributed by atoms with Gasteiger partial charge >= 0.3 is 5.97 Å². The Morgan fingerprint density at radius 3 is 2.32 bits per heavy atom. The predicted molar refractivity (Wildman–Crippen MR) is 128 cm³/mol. The van der Waals surface area contributed by atoms with Crippen molar-refractivity contribution in [3.05, 3.63) is 59.7 Å². The van der Waals surface area contributed by atoms with Crippen molar-refractivity contribution in [2.24, 2.45) is 0 Å². The zero-order chi connectivity index (χ0) is 24.9. The van der Waals surface area contributed by atoms with Gasteiger partial charge in [0.1, 0.15) is 5.75 Å². The van der Waals surface area contributed by atoms with Gasteiger partial charge in [-0.1, -0.05) is 6.07 Å². The lowest BCUT2D eigenvalue weighted by molar-refractivity contribution is -0.123. The molecule has 0 saturated heterocycles. The van der Waals surface area contributed by atoms with Crippen molar-refractivity contribution in [1.82, 2.24) is 16.2 Å². The molecule has 0 aliphatic heterocycles. The van der Waals surface area contributed by atoms with Gasteiger partial charge in [0.2, 0.25) is 5.91 Å². The van der Waals surface area contributed by atoms with Crippen molar-refractivity contribution in [3.63, 3.8) is 0 Å². The van der Waals surface area contributed by atoms with Gasteiger partial charge in [-0.3, -0.25) is 25.8 Å². The normalized spacial score (nSPS) is 10.2. The average molecular weight is 488 g/mol. The first kappa shape index (κ1) is 26.1. The number of methoxy groups -OCH3 is 2. The molecule has 0 aliphatic rings. The highest BCUT2D eigenvalue weighted by Gasteiger charge is 2.08. The van der Waals surface area contributed by atoms with Crippen LogP contribution in [0.1, 0.15) is 22.8 Å². The minimum atomic E-state index is -0.535. The lowest BCUT2D eigenvalue weighted by Gasteiger charge is -2.11. The second-order valence-corrected chi connectivity index (χ2v) is 6.88. The van der Waals surface area contributed by atoms with Gasteiger partial charge in [-0.25, -0.2) is 4.79 Å². The number of hydrogen-bond donors (Lipinski definition) is 3. The Morgan fingerprint density at radius 1 is 0.971 bits per heavy atom. The van der Waals surface area contributed by atoms with Crippen molar-refractivity contribution in [3.8, 4) is 17.2 Å². The molecule has 10 nitrogen and oxygen atoms in total. The van der Waals surface area contributed by atoms with E-state index in [0.717, 1.165) is 0 Å². The number of amides is 2. The van der Waals surface area contributed by atoms with Crippen LogP contribution in [-0.4, -0.2) is 50.3 Å². The molecular formula is C23H25N3O7S. The van der Waals surface area contributed by atoms with Gasteiger partial charge in [0.25, 0.3) is 5.91 Å². The summed E-state index contributed by atoms with van der Waals surface area (Å²) in [5.74, 6) is 0.0147. The first-order chi connectivity index (χ1) is 16.4. The van der Waals surface area contributed by atoms with Crippen LogP contribution < -0.4 is 30.4 Å². The average Bonchev–Trinajstić information content (AvgIpc) is 2.85. The number of hydrazine groups is 1. The second kappa shape index (κ2) is 13.4. The molecule has 2 aromatic carbocycles. The minimum Gasteiger partial charge on any atom is -0.493 e. The molecule has 0 fully saturated rings. The summed E-state index contributed by atoms with van der Waals surface area (Å²) in [6.45, 7) is 1.68. The topological polar surface area (TPSA) is 124 Å². The molecule has 0 saturated carbocycles. The molecule has 0 radical (unpaired) electrons. The van der Waals surface area contributed by atoms with Gasteiger partial charge in [-0.15, -0.1) is 0 Å². The van der Waals surface area contributed by atoms with E-state index in [2.05, 4.69) is 16.2 Å². The Kier molecular flexibility index (Phi) is 10.3. The van der Waals surface area contributed by atoms with Crippen LogP contribution in [0.25, 0.3) is 6.08 Å². The molecule has 180 valence electrons. The highest BCUT2D eigenvalue weighted by atomic mass is 32.1. The number of ether oxygens (including phenoxy) is 4. The van der Waals surface area contributed by atoms with E-state index in [1.165, 1.54) is 32.4 Å². The van der Waals surface area contributed by atoms with Crippen LogP contribution in [0, 0.1) is 0 Å². The number of carbonyl (C=O) groups is 3. The van der Waals surface area contributed by atoms with Gasteiger partial charge in [0.05, 0.1) is 26.4 Å². The third-order valence-corrected chi connectivity index (χ3v) is 4.33. The highest BCUT2D eigenvalue weighted by Crippen LogP contribution is 2.27. The van der Waals surface area contributed by atoms with Crippen LogP contribution >= 0.6 is 12.2 Å². The van der Waals surface area contributed by atoms with E-state index < -0.39 is 17.8 Å². The van der Waals surface area contributed by atoms with Crippen molar-refractivity contribution in [2.45, 2.75) is 6.92 Å². The first-order valence-electron chi connectivity index (χ1n) is 10.1. The number of rotatable bonds is 9. The molecule has 0 atom stereocenters. The van der Waals surface area contributed by atoms with Gasteiger partial charge in [0, 0.05) is 6.08 Å².